The van der Waals surface area contributed by atoms with Crippen molar-refractivity contribution < 1.29 is 10.2 Å². The first-order chi connectivity index (χ1) is 9.61. The van der Waals surface area contributed by atoms with E-state index in [1.165, 1.54) is 0 Å². The Labute approximate surface area is 125 Å². The van der Waals surface area contributed by atoms with E-state index in [2.05, 4.69) is 4.90 Å². The van der Waals surface area contributed by atoms with E-state index in [9.17, 15) is 10.2 Å². The zero-order valence-electron chi connectivity index (χ0n) is 11.7. The van der Waals surface area contributed by atoms with Gasteiger partial charge in [-0.3, -0.25) is 4.90 Å². The van der Waals surface area contributed by atoms with Crippen LogP contribution in [0, 0.1) is 5.41 Å². The second kappa shape index (κ2) is 5.55. The largest absolute Gasteiger partial charge is 0.506 e. The number of hydrogen-bond donors (Lipinski definition) is 2. The van der Waals surface area contributed by atoms with Gasteiger partial charge in [-0.15, -0.1) is 0 Å². The van der Waals surface area contributed by atoms with Gasteiger partial charge in [-0.2, -0.15) is 0 Å². The normalized spacial score (nSPS) is 31.0. The number of nitrogens with zero attached hydrogens (tertiary/aromatic N) is 1. The maximum absolute atomic E-state index is 10.3. The van der Waals surface area contributed by atoms with Gasteiger partial charge in [0, 0.05) is 18.5 Å². The fraction of sp³-hybridized carbons (Fsp3) is 0.625. The molecule has 2 atom stereocenters. The lowest BCUT2D eigenvalue weighted by molar-refractivity contribution is -0.0120. The number of piperidine rings is 1. The van der Waals surface area contributed by atoms with E-state index in [1.54, 1.807) is 6.07 Å². The van der Waals surface area contributed by atoms with Crippen LogP contribution in [0.1, 0.15) is 37.7 Å². The number of phenolic OH excluding ortho intramolecular Hbond substituents is 1. The summed E-state index contributed by atoms with van der Waals surface area (Å²) in [6.07, 6.45) is 5.34. The molecular formula is C16H22ClNO2. The van der Waals surface area contributed by atoms with Crippen molar-refractivity contribution in [1.82, 2.24) is 4.90 Å². The summed E-state index contributed by atoms with van der Waals surface area (Å²) in [4.78, 5) is 2.37. The number of phenols is 1. The van der Waals surface area contributed by atoms with E-state index in [0.717, 1.165) is 57.3 Å². The SMILES string of the molecule is Oc1cccc(CN2CCC[C@]3(CCC[C@H]3O)C2)c1Cl. The molecule has 1 heterocycles. The van der Waals surface area contributed by atoms with Gasteiger partial charge in [0.05, 0.1) is 11.1 Å². The smallest absolute Gasteiger partial charge is 0.134 e. The first-order valence-corrected chi connectivity index (χ1v) is 7.85. The number of aromatic hydroxyl groups is 1. The highest BCUT2D eigenvalue weighted by atomic mass is 35.5. The third-order valence-corrected chi connectivity index (χ3v) is 5.44. The van der Waals surface area contributed by atoms with E-state index in [0.29, 0.717) is 5.02 Å². The van der Waals surface area contributed by atoms with Gasteiger partial charge in [0.25, 0.3) is 0 Å². The molecule has 1 aromatic carbocycles. The highest BCUT2D eigenvalue weighted by Gasteiger charge is 2.44. The number of benzene rings is 1. The van der Waals surface area contributed by atoms with Crippen molar-refractivity contribution in [3.8, 4) is 5.75 Å². The van der Waals surface area contributed by atoms with Crippen molar-refractivity contribution in [2.24, 2.45) is 5.41 Å². The minimum Gasteiger partial charge on any atom is -0.506 e. The minimum atomic E-state index is -0.148. The second-order valence-corrected chi connectivity index (χ2v) is 6.71. The Morgan fingerprint density at radius 3 is 2.85 bits per heavy atom. The molecule has 20 heavy (non-hydrogen) atoms. The molecule has 4 heteroatoms. The Hall–Kier alpha value is -0.770. The van der Waals surface area contributed by atoms with Crippen LogP contribution in [0.5, 0.6) is 5.75 Å². The molecule has 1 aliphatic heterocycles. The molecule has 2 aliphatic rings. The zero-order chi connectivity index (χ0) is 14.2. The molecule has 110 valence electrons. The summed E-state index contributed by atoms with van der Waals surface area (Å²) in [7, 11) is 0. The predicted molar refractivity (Wildman–Crippen MR) is 79.9 cm³/mol. The summed E-state index contributed by atoms with van der Waals surface area (Å²) in [5, 5.41) is 20.4. The van der Waals surface area contributed by atoms with Crippen molar-refractivity contribution in [3.05, 3.63) is 28.8 Å². The minimum absolute atomic E-state index is 0.0988. The van der Waals surface area contributed by atoms with Crippen molar-refractivity contribution in [1.29, 1.82) is 0 Å². The van der Waals surface area contributed by atoms with Gasteiger partial charge in [0.15, 0.2) is 0 Å². The Kier molecular flexibility index (Phi) is 3.93. The van der Waals surface area contributed by atoms with E-state index >= 15 is 0 Å². The molecule has 0 radical (unpaired) electrons. The summed E-state index contributed by atoms with van der Waals surface area (Å²) >= 11 is 6.17. The Balaban J connectivity index is 1.73. The van der Waals surface area contributed by atoms with E-state index < -0.39 is 0 Å². The summed E-state index contributed by atoms with van der Waals surface area (Å²) in [6.45, 7) is 2.74. The van der Waals surface area contributed by atoms with Crippen LogP contribution in [0.2, 0.25) is 5.02 Å². The fourth-order valence-electron chi connectivity index (χ4n) is 3.92. The molecule has 2 fully saturated rings. The van der Waals surface area contributed by atoms with E-state index in [1.807, 2.05) is 12.1 Å². The van der Waals surface area contributed by atoms with Crippen LogP contribution < -0.4 is 0 Å². The topological polar surface area (TPSA) is 43.7 Å². The lowest BCUT2D eigenvalue weighted by Crippen LogP contribution is -2.46. The van der Waals surface area contributed by atoms with Gasteiger partial charge >= 0.3 is 0 Å². The van der Waals surface area contributed by atoms with Crippen LogP contribution in [0.3, 0.4) is 0 Å². The third-order valence-electron chi connectivity index (χ3n) is 5.00. The second-order valence-electron chi connectivity index (χ2n) is 6.33. The molecule has 1 saturated carbocycles. The third kappa shape index (κ3) is 2.54. The molecular weight excluding hydrogens is 274 g/mol. The van der Waals surface area contributed by atoms with Crippen LogP contribution in [0.25, 0.3) is 0 Å². The molecule has 3 rings (SSSR count). The molecule has 0 amide bonds. The lowest BCUT2D eigenvalue weighted by Gasteiger charge is -2.42. The molecule has 0 aromatic heterocycles. The Bertz CT molecular complexity index is 493. The number of rotatable bonds is 2. The molecule has 1 spiro atoms. The van der Waals surface area contributed by atoms with E-state index in [4.69, 9.17) is 11.6 Å². The molecule has 1 aliphatic carbocycles. The first kappa shape index (κ1) is 14.2. The quantitative estimate of drug-likeness (QED) is 0.881. The van der Waals surface area contributed by atoms with Crippen LogP contribution in [0.15, 0.2) is 18.2 Å². The molecule has 0 unspecified atom stereocenters. The van der Waals surface area contributed by atoms with Crippen molar-refractivity contribution in [2.75, 3.05) is 13.1 Å². The maximum atomic E-state index is 10.3. The number of aliphatic hydroxyl groups excluding tert-OH is 1. The Morgan fingerprint density at radius 1 is 1.30 bits per heavy atom. The first-order valence-electron chi connectivity index (χ1n) is 7.47. The van der Waals surface area contributed by atoms with Crippen LogP contribution in [-0.4, -0.2) is 34.3 Å². The van der Waals surface area contributed by atoms with Gasteiger partial charge in [-0.05, 0) is 43.9 Å². The number of hydrogen-bond acceptors (Lipinski definition) is 3. The molecule has 3 nitrogen and oxygen atoms in total. The van der Waals surface area contributed by atoms with Crippen molar-refractivity contribution >= 4 is 11.6 Å². The molecule has 0 bridgehead atoms. The summed E-state index contributed by atoms with van der Waals surface area (Å²) in [6, 6.07) is 5.42. The van der Waals surface area contributed by atoms with Gasteiger partial charge in [0.1, 0.15) is 5.75 Å². The maximum Gasteiger partial charge on any atom is 0.134 e. The summed E-state index contributed by atoms with van der Waals surface area (Å²) in [5.41, 5.74) is 1.07. The Morgan fingerprint density at radius 2 is 2.10 bits per heavy atom. The number of halogens is 1. The summed E-state index contributed by atoms with van der Waals surface area (Å²) in [5.74, 6) is 0.150. The zero-order valence-corrected chi connectivity index (χ0v) is 12.4. The van der Waals surface area contributed by atoms with Gasteiger partial charge in [0.2, 0.25) is 0 Å². The molecule has 2 N–H and O–H groups in total. The number of likely N-dealkylation sites (tertiary alicyclic amines) is 1. The predicted octanol–water partition coefficient (Wildman–Crippen LogP) is 3.17. The van der Waals surface area contributed by atoms with Gasteiger partial charge in [-0.1, -0.05) is 30.2 Å². The lowest BCUT2D eigenvalue weighted by atomic mass is 9.76. The average molecular weight is 296 g/mol. The van der Waals surface area contributed by atoms with Crippen molar-refractivity contribution in [3.63, 3.8) is 0 Å². The fourth-order valence-corrected chi connectivity index (χ4v) is 4.10. The monoisotopic (exact) mass is 295 g/mol. The van der Waals surface area contributed by atoms with Gasteiger partial charge in [-0.25, -0.2) is 0 Å². The van der Waals surface area contributed by atoms with Crippen LogP contribution >= 0.6 is 11.6 Å². The standard InChI is InChI=1S/C16H22ClNO2/c17-15-12(4-1-5-13(15)19)10-18-9-3-8-16(11-18)7-2-6-14(16)20/h1,4-5,14,19-20H,2-3,6-11H2/t14-,16-/m1/s1. The summed E-state index contributed by atoms with van der Waals surface area (Å²) < 4.78 is 0. The van der Waals surface area contributed by atoms with E-state index in [-0.39, 0.29) is 17.3 Å². The number of aliphatic hydroxyl groups is 1. The molecule has 1 saturated heterocycles. The van der Waals surface area contributed by atoms with Crippen LogP contribution in [0.4, 0.5) is 0 Å². The highest BCUT2D eigenvalue weighted by Crippen LogP contribution is 2.45. The van der Waals surface area contributed by atoms with Crippen LogP contribution in [-0.2, 0) is 6.54 Å². The highest BCUT2D eigenvalue weighted by molar-refractivity contribution is 6.32. The average Bonchev–Trinajstić information content (AvgIpc) is 2.76. The van der Waals surface area contributed by atoms with Crippen molar-refractivity contribution in [2.45, 2.75) is 44.8 Å². The van der Waals surface area contributed by atoms with Gasteiger partial charge < -0.3 is 10.2 Å². The molecule has 1 aromatic rings.